The van der Waals surface area contributed by atoms with Gasteiger partial charge in [-0.3, -0.25) is 18.2 Å². The molecule has 0 spiro atoms. The first kappa shape index (κ1) is 53.9. The maximum atomic E-state index is 14.6. The molecule has 0 radical (unpaired) electrons. The topological polar surface area (TPSA) is 146 Å². The molecule has 0 aromatic heterocycles. The molecule has 0 unspecified atom stereocenters. The molecule has 2 aliphatic carbocycles. The zero-order chi connectivity index (χ0) is 54.8. The van der Waals surface area contributed by atoms with Gasteiger partial charge >= 0.3 is 11.9 Å². The van der Waals surface area contributed by atoms with Crippen molar-refractivity contribution in [2.24, 2.45) is 23.7 Å². The summed E-state index contributed by atoms with van der Waals surface area (Å²) in [6, 6.07) is 28.6. The number of benzene rings is 6. The SMILES string of the molecule is Cc1cccc(S(=O)(=O)N2C[C@H]([C@@H]3C[C@H]3C(=O)OC(C)(C)C)Oc3ccc(-c4cc(F)ccc4F)cc32)c1.Cc1cccc(S(=O)(=O)N2C[C@H]([C@H]3C[C@@H]3C(=O)OC(C)(C)C)Oc3ccc(-c4cc(F)ccc4F)cc32)c1. The van der Waals surface area contributed by atoms with E-state index in [4.69, 9.17) is 18.9 Å². The molecule has 0 saturated heterocycles. The summed E-state index contributed by atoms with van der Waals surface area (Å²) < 4.78 is 139. The molecule has 10 rings (SSSR count). The molecule has 18 heteroatoms. The maximum Gasteiger partial charge on any atom is 0.309 e. The first-order valence-corrected chi connectivity index (χ1v) is 27.7. The van der Waals surface area contributed by atoms with Crippen molar-refractivity contribution in [3.05, 3.63) is 156 Å². The Morgan fingerprint density at radius 1 is 0.526 bits per heavy atom. The number of esters is 2. The van der Waals surface area contributed by atoms with Crippen molar-refractivity contribution in [3.8, 4) is 33.8 Å². The number of rotatable bonds is 10. The van der Waals surface area contributed by atoms with E-state index in [9.17, 15) is 44.0 Å². The highest BCUT2D eigenvalue weighted by molar-refractivity contribution is 7.93. The van der Waals surface area contributed by atoms with Crippen molar-refractivity contribution in [3.63, 3.8) is 0 Å². The van der Waals surface area contributed by atoms with Crippen LogP contribution in [-0.4, -0.2) is 65.3 Å². The molecule has 76 heavy (non-hydrogen) atoms. The lowest BCUT2D eigenvalue weighted by Gasteiger charge is -2.36. The van der Waals surface area contributed by atoms with Crippen molar-refractivity contribution in [1.29, 1.82) is 0 Å². The van der Waals surface area contributed by atoms with Crippen LogP contribution >= 0.6 is 0 Å². The fourth-order valence-corrected chi connectivity index (χ4v) is 12.7. The van der Waals surface area contributed by atoms with E-state index in [2.05, 4.69) is 0 Å². The predicted octanol–water partition coefficient (Wildman–Crippen LogP) is 11.7. The quantitative estimate of drug-likeness (QED) is 0.0960. The number of halogens is 4. The first-order chi connectivity index (χ1) is 35.7. The van der Waals surface area contributed by atoms with Crippen LogP contribution in [0.5, 0.6) is 11.5 Å². The molecular weight excluding hydrogens is 1020 g/mol. The van der Waals surface area contributed by atoms with E-state index < -0.39 is 66.7 Å². The largest absolute Gasteiger partial charge is 0.486 e. The zero-order valence-electron chi connectivity index (χ0n) is 43.1. The van der Waals surface area contributed by atoms with Crippen LogP contribution in [-0.2, 0) is 39.1 Å². The smallest absolute Gasteiger partial charge is 0.309 e. The van der Waals surface area contributed by atoms with Gasteiger partial charge in [0.2, 0.25) is 0 Å². The van der Waals surface area contributed by atoms with Crippen molar-refractivity contribution >= 4 is 43.4 Å². The Morgan fingerprint density at radius 2 is 0.908 bits per heavy atom. The predicted molar refractivity (Wildman–Crippen MR) is 279 cm³/mol. The fourth-order valence-electron chi connectivity index (χ4n) is 9.58. The summed E-state index contributed by atoms with van der Waals surface area (Å²) in [7, 11) is -8.10. The average Bonchev–Trinajstić information content (AvgIpc) is 4.30. The number of anilines is 2. The fraction of sp³-hybridized carbons (Fsp3) is 0.345. The van der Waals surface area contributed by atoms with E-state index in [1.165, 1.54) is 32.9 Å². The molecular formula is C58H58F4N2O10S2. The Bertz CT molecular complexity index is 3260. The van der Waals surface area contributed by atoms with Crippen LogP contribution in [0.25, 0.3) is 22.3 Å². The van der Waals surface area contributed by atoms with Gasteiger partial charge in [0.25, 0.3) is 20.0 Å². The molecule has 6 atom stereocenters. The maximum absolute atomic E-state index is 14.6. The molecule has 6 aromatic carbocycles. The van der Waals surface area contributed by atoms with Crippen molar-refractivity contribution in [2.45, 2.75) is 101 Å². The third-order valence-electron chi connectivity index (χ3n) is 13.4. The monoisotopic (exact) mass is 1080 g/mol. The van der Waals surface area contributed by atoms with Crippen LogP contribution in [0.4, 0.5) is 28.9 Å². The minimum atomic E-state index is -4.05. The van der Waals surface area contributed by atoms with Crippen LogP contribution in [0, 0.1) is 60.8 Å². The summed E-state index contributed by atoms with van der Waals surface area (Å²) in [6.45, 7) is 14.3. The minimum Gasteiger partial charge on any atom is -0.486 e. The number of aryl methyl sites for hydroxylation is 2. The van der Waals surface area contributed by atoms with E-state index in [0.717, 1.165) is 47.5 Å². The summed E-state index contributed by atoms with van der Waals surface area (Å²) >= 11 is 0. The second kappa shape index (κ2) is 20.2. The molecule has 4 aliphatic rings. The summed E-state index contributed by atoms with van der Waals surface area (Å²) in [5.74, 6) is -3.77. The molecule has 0 amide bonds. The molecule has 2 saturated carbocycles. The summed E-state index contributed by atoms with van der Waals surface area (Å²) in [5, 5.41) is 0. The molecule has 2 heterocycles. The van der Waals surface area contributed by atoms with Crippen LogP contribution in [0.15, 0.2) is 131 Å². The van der Waals surface area contributed by atoms with Gasteiger partial charge in [-0.2, -0.15) is 0 Å². The van der Waals surface area contributed by atoms with Gasteiger partial charge in [-0.15, -0.1) is 0 Å². The second-order valence-corrected chi connectivity index (χ2v) is 25.4. The van der Waals surface area contributed by atoms with E-state index in [1.807, 2.05) is 0 Å². The van der Waals surface area contributed by atoms with Gasteiger partial charge in [0, 0.05) is 23.0 Å². The van der Waals surface area contributed by atoms with E-state index >= 15 is 0 Å². The van der Waals surface area contributed by atoms with E-state index in [0.29, 0.717) is 24.0 Å². The number of nitrogens with zero attached hydrogens (tertiary/aromatic N) is 2. The molecule has 12 nitrogen and oxygen atoms in total. The van der Waals surface area contributed by atoms with E-state index in [1.54, 1.807) is 116 Å². The Morgan fingerprint density at radius 3 is 1.26 bits per heavy atom. The average molecular weight is 1080 g/mol. The minimum absolute atomic E-state index is 0.00927. The normalized spacial score (nSPS) is 20.9. The first-order valence-electron chi connectivity index (χ1n) is 24.8. The standard InChI is InChI=1S/2C29H29F2NO5S/c2*1-17-6-5-7-20(12-17)38(34,35)32-16-27(22-15-23(22)28(33)37-29(2,3)4)36-26-11-8-18(13-25(26)32)21-14-19(30)9-10-24(21)31/h2*5-14,22-23,27H,15-16H2,1-4H3/t22-,23-,27+;22-,23-,27-/m01/s1. The number of carbonyl (C=O) groups is 2. The van der Waals surface area contributed by atoms with Crippen molar-refractivity contribution < 1.29 is 62.9 Å². The highest BCUT2D eigenvalue weighted by Crippen LogP contribution is 2.51. The van der Waals surface area contributed by atoms with Crippen molar-refractivity contribution in [1.82, 2.24) is 0 Å². The van der Waals surface area contributed by atoms with Gasteiger partial charge in [-0.25, -0.2) is 34.4 Å². The van der Waals surface area contributed by atoms with E-state index in [-0.39, 0.29) is 92.5 Å². The third-order valence-corrected chi connectivity index (χ3v) is 16.9. The van der Waals surface area contributed by atoms with Gasteiger partial charge in [0.1, 0.15) is 58.2 Å². The van der Waals surface area contributed by atoms with Gasteiger partial charge in [0.15, 0.2) is 0 Å². The number of ether oxygens (including phenoxy) is 4. The number of carbonyl (C=O) groups excluding carboxylic acids is 2. The van der Waals surface area contributed by atoms with Crippen LogP contribution in [0.2, 0.25) is 0 Å². The molecule has 2 fully saturated rings. The highest BCUT2D eigenvalue weighted by atomic mass is 32.2. The molecule has 400 valence electrons. The van der Waals surface area contributed by atoms with Gasteiger partial charge in [0.05, 0.1) is 46.1 Å². The van der Waals surface area contributed by atoms with Gasteiger partial charge < -0.3 is 18.9 Å². The lowest BCUT2D eigenvalue weighted by molar-refractivity contribution is -0.158. The van der Waals surface area contributed by atoms with Crippen LogP contribution in [0.1, 0.15) is 65.5 Å². The summed E-state index contributed by atoms with van der Waals surface area (Å²) in [6.07, 6.45) is -0.118. The Hall–Kier alpha value is -6.92. The third kappa shape index (κ3) is 11.6. The molecule has 6 aromatic rings. The number of fused-ring (bicyclic) bond motifs is 2. The Balaban J connectivity index is 0.000000186. The lowest BCUT2D eigenvalue weighted by Crippen LogP contribution is -2.45. The highest BCUT2D eigenvalue weighted by Gasteiger charge is 2.55. The van der Waals surface area contributed by atoms with Crippen molar-refractivity contribution in [2.75, 3.05) is 21.7 Å². The number of hydrogen-bond acceptors (Lipinski definition) is 10. The van der Waals surface area contributed by atoms with Gasteiger partial charge in [-0.1, -0.05) is 36.4 Å². The Labute approximate surface area is 440 Å². The molecule has 0 bridgehead atoms. The van der Waals surface area contributed by atoms with Crippen LogP contribution < -0.4 is 18.1 Å². The second-order valence-electron chi connectivity index (χ2n) is 21.7. The number of hydrogen-bond donors (Lipinski definition) is 0. The van der Waals surface area contributed by atoms with Gasteiger partial charge in [-0.05, 0) is 175 Å². The summed E-state index contributed by atoms with van der Waals surface area (Å²) in [4.78, 5) is 25.5. The number of sulfonamides is 2. The summed E-state index contributed by atoms with van der Waals surface area (Å²) in [5.41, 5.74) is 1.37. The lowest BCUT2D eigenvalue weighted by atomic mass is 10.0. The Kier molecular flexibility index (Phi) is 14.3. The molecule has 2 aliphatic heterocycles. The van der Waals surface area contributed by atoms with Crippen LogP contribution in [0.3, 0.4) is 0 Å². The molecule has 0 N–H and O–H groups in total. The zero-order valence-corrected chi connectivity index (χ0v) is 44.8.